The van der Waals surface area contributed by atoms with Crippen LogP contribution in [0.1, 0.15) is 340 Å². The molecule has 16 bridgehead atoms. The van der Waals surface area contributed by atoms with Crippen molar-refractivity contribution >= 4 is 47.8 Å². The molecule has 36 unspecified atom stereocenters. The standard InChI is InChI=1S/C26H40O4.2C25H38O4.C24H36O4/c1-4-15(3)24(27)29-21-14-17-13-20(21)23-18-11-16(22(17)23)12-19(18)25(28)30-26(5-2)9-7-6-8-10-26;1-4-14(2)23(26)28-20-13-16-12-19(20)22-17-10-15(21(16)22)11-18(17)24(27)29-25(3)8-6-5-7-9-25;1-4-14(3)23(26)28-20-13-16-12-19(20)22-17-10-15(21(16)22)11-18(17)24(27)29-25(5-2)8-6-7-9-25;1-4-13(2)22(25)27-19-12-15-11-18(19)21-16-9-14(20(15)21)10-17(16)23(26)28-24(3)7-5-6-8-24/h15-23H,4-14H2,1-3H3;2*14-22H,4-13H2,1-3H3;13-21H,4-12H2,1-3H3. The molecule has 648 valence electrons. The fourth-order valence-corrected chi connectivity index (χ4v) is 32.6. The summed E-state index contributed by atoms with van der Waals surface area (Å²) < 4.78 is 48.7. The van der Waals surface area contributed by atoms with Gasteiger partial charge in [0.1, 0.15) is 46.8 Å². The van der Waals surface area contributed by atoms with Crippen LogP contribution in [-0.2, 0) is 76.3 Å². The predicted molar refractivity (Wildman–Crippen MR) is 439 cm³/mol. The van der Waals surface area contributed by atoms with Gasteiger partial charge in [0.25, 0.3) is 0 Å². The third kappa shape index (κ3) is 15.3. The normalized spacial score (nSPS) is 44.9. The first-order valence-electron chi connectivity index (χ1n) is 49.5. The molecule has 0 radical (unpaired) electrons. The molecule has 0 spiro atoms. The lowest BCUT2D eigenvalue weighted by molar-refractivity contribution is -0.174. The topological polar surface area (TPSA) is 210 Å². The van der Waals surface area contributed by atoms with Crippen LogP contribution in [0.15, 0.2) is 0 Å². The Bertz CT molecular complexity index is 3570. The van der Waals surface area contributed by atoms with Crippen LogP contribution in [0.5, 0.6) is 0 Å². The van der Waals surface area contributed by atoms with E-state index in [0.29, 0.717) is 118 Å². The second kappa shape index (κ2) is 33.4. The minimum atomic E-state index is -0.237. The number of ether oxygens (including phenoxy) is 8. The van der Waals surface area contributed by atoms with Crippen molar-refractivity contribution in [1.82, 2.24) is 0 Å². The predicted octanol–water partition coefficient (Wildman–Crippen LogP) is 20.6. The summed E-state index contributed by atoms with van der Waals surface area (Å²) in [6.07, 6.45) is 43.9. The fraction of sp³-hybridized carbons (Fsp3) is 0.920. The van der Waals surface area contributed by atoms with Gasteiger partial charge in [-0.25, -0.2) is 0 Å². The maximum Gasteiger partial charge on any atom is 0.309 e. The molecule has 0 aromatic rings. The number of hydrogen-bond donors (Lipinski definition) is 0. The highest BCUT2D eigenvalue weighted by atomic mass is 16.6. The number of carbonyl (C=O) groups is 8. The summed E-state index contributed by atoms with van der Waals surface area (Å²) in [5, 5.41) is 0. The van der Waals surface area contributed by atoms with Gasteiger partial charge in [0.2, 0.25) is 0 Å². The Balaban J connectivity index is 0.000000111. The Morgan fingerprint density at radius 1 is 0.259 bits per heavy atom. The van der Waals surface area contributed by atoms with E-state index < -0.39 is 0 Å². The van der Waals surface area contributed by atoms with Crippen LogP contribution in [0.2, 0.25) is 0 Å². The average molecular weight is 1610 g/mol. The quantitative estimate of drug-likeness (QED) is 0.0560. The highest BCUT2D eigenvalue weighted by Gasteiger charge is 2.72. The molecule has 0 heterocycles. The van der Waals surface area contributed by atoms with E-state index in [0.717, 1.165) is 165 Å². The maximum absolute atomic E-state index is 13.3. The lowest BCUT2D eigenvalue weighted by atomic mass is 9.66. The Hall–Kier alpha value is -4.24. The summed E-state index contributed by atoms with van der Waals surface area (Å²) in [7, 11) is 0. The molecule has 0 aromatic heterocycles. The molecule has 36 atom stereocenters. The number of esters is 8. The molecule has 20 aliphatic rings. The Labute approximate surface area is 696 Å². The number of fused-ring (bicyclic) bond motifs is 36. The van der Waals surface area contributed by atoms with E-state index in [-0.39, 0.29) is 142 Å². The summed E-state index contributed by atoms with van der Waals surface area (Å²) in [6, 6.07) is 0. The molecular formula is C100H152O16. The maximum atomic E-state index is 13.3. The monoisotopic (exact) mass is 1610 g/mol. The molecule has 0 aliphatic heterocycles. The van der Waals surface area contributed by atoms with Gasteiger partial charge in [0, 0.05) is 0 Å². The van der Waals surface area contributed by atoms with Crippen LogP contribution in [-0.4, -0.2) is 94.6 Å². The van der Waals surface area contributed by atoms with Gasteiger partial charge >= 0.3 is 47.8 Å². The van der Waals surface area contributed by atoms with Crippen LogP contribution < -0.4 is 0 Å². The van der Waals surface area contributed by atoms with Crippen LogP contribution in [0.4, 0.5) is 0 Å². The molecule has 20 rings (SSSR count). The zero-order valence-corrected chi connectivity index (χ0v) is 73.6. The molecule has 20 aliphatic carbocycles. The summed E-state index contributed by atoms with van der Waals surface area (Å²) >= 11 is 0. The molecule has 16 nitrogen and oxygen atoms in total. The van der Waals surface area contributed by atoms with Crippen molar-refractivity contribution in [2.45, 2.75) is 387 Å². The number of rotatable bonds is 22. The minimum absolute atomic E-state index is 0.00941. The molecule has 20 fully saturated rings. The van der Waals surface area contributed by atoms with E-state index in [4.69, 9.17) is 37.9 Å². The van der Waals surface area contributed by atoms with Crippen LogP contribution in [0.3, 0.4) is 0 Å². The van der Waals surface area contributed by atoms with Gasteiger partial charge in [-0.3, -0.25) is 38.4 Å². The first kappa shape index (κ1) is 84.0. The smallest absolute Gasteiger partial charge is 0.309 e. The van der Waals surface area contributed by atoms with Gasteiger partial charge in [0.05, 0.1) is 47.3 Å². The van der Waals surface area contributed by atoms with E-state index in [1.807, 2.05) is 55.4 Å². The van der Waals surface area contributed by atoms with Gasteiger partial charge in [-0.15, -0.1) is 0 Å². The first-order valence-corrected chi connectivity index (χ1v) is 49.5. The van der Waals surface area contributed by atoms with E-state index >= 15 is 0 Å². The third-order valence-corrected chi connectivity index (χ3v) is 38.8. The summed E-state index contributed by atoms with van der Waals surface area (Å²) in [5.41, 5.74) is -0.831. The van der Waals surface area contributed by atoms with Gasteiger partial charge in [-0.05, 0) is 400 Å². The molecular weight excluding hydrogens is 1460 g/mol. The number of carbonyl (C=O) groups excluding carboxylic acids is 8. The molecule has 0 amide bonds. The molecule has 0 aromatic carbocycles. The SMILES string of the molecule is CCC(C)C(=O)OC1CC2CC1C1C3CC(CC3C(=O)OC3(C)CCCC3)C21.CCC(C)C(=O)OC1CC2CC1C1C3CC(CC3C(=O)OC3(C)CCCCC3)C21.CCC(C)C(=O)OC1CC2CC1C1C3CC(CC3C(=O)OC3(CC)CCCC3)C21.CCC(C)C(=O)OC1CC2CC1C1C3CC(CC3C(=O)OC3(CC)CCCCC3)C21. The van der Waals surface area contributed by atoms with Crippen LogP contribution >= 0.6 is 0 Å². The zero-order valence-electron chi connectivity index (χ0n) is 73.6. The Kier molecular flexibility index (Phi) is 24.2. The van der Waals surface area contributed by atoms with E-state index in [1.54, 1.807) is 0 Å². The van der Waals surface area contributed by atoms with Crippen molar-refractivity contribution in [3.8, 4) is 0 Å². The minimum Gasteiger partial charge on any atom is -0.462 e. The highest BCUT2D eigenvalue weighted by Crippen LogP contribution is 2.74. The summed E-state index contributed by atoms with van der Waals surface area (Å²) in [5.74, 6) is 15.4. The molecule has 116 heavy (non-hydrogen) atoms. The zero-order chi connectivity index (χ0) is 81.3. The Morgan fingerprint density at radius 2 is 0.466 bits per heavy atom. The lowest BCUT2D eigenvalue weighted by Gasteiger charge is -2.42. The summed E-state index contributed by atoms with van der Waals surface area (Å²) in [4.78, 5) is 102. The molecule has 0 N–H and O–H groups in total. The van der Waals surface area contributed by atoms with Crippen molar-refractivity contribution in [1.29, 1.82) is 0 Å². The van der Waals surface area contributed by atoms with Crippen LogP contribution in [0.25, 0.3) is 0 Å². The fourth-order valence-electron chi connectivity index (χ4n) is 32.6. The van der Waals surface area contributed by atoms with E-state index in [2.05, 4.69) is 27.7 Å². The lowest BCUT2D eigenvalue weighted by Crippen LogP contribution is -2.44. The van der Waals surface area contributed by atoms with Crippen molar-refractivity contribution in [2.75, 3.05) is 0 Å². The molecule has 0 saturated heterocycles. The highest BCUT2D eigenvalue weighted by molar-refractivity contribution is 5.77. The second-order valence-corrected chi connectivity index (χ2v) is 44.5. The molecule has 16 heteroatoms. The Morgan fingerprint density at radius 3 is 0.707 bits per heavy atom. The van der Waals surface area contributed by atoms with Crippen molar-refractivity contribution in [3.05, 3.63) is 0 Å². The van der Waals surface area contributed by atoms with Gasteiger partial charge < -0.3 is 37.9 Å². The van der Waals surface area contributed by atoms with Crippen molar-refractivity contribution in [3.63, 3.8) is 0 Å². The average Bonchev–Trinajstić information content (AvgIpc) is 1.56. The summed E-state index contributed by atoms with van der Waals surface area (Å²) in [6.45, 7) is 24.7. The largest absolute Gasteiger partial charge is 0.462 e. The van der Waals surface area contributed by atoms with Crippen molar-refractivity contribution in [2.24, 2.45) is 189 Å². The van der Waals surface area contributed by atoms with Gasteiger partial charge in [-0.2, -0.15) is 0 Å². The van der Waals surface area contributed by atoms with Crippen molar-refractivity contribution < 1.29 is 76.3 Å². The van der Waals surface area contributed by atoms with E-state index in [1.165, 1.54) is 116 Å². The van der Waals surface area contributed by atoms with E-state index in [9.17, 15) is 38.4 Å². The first-order chi connectivity index (χ1) is 55.7. The third-order valence-electron chi connectivity index (χ3n) is 38.8. The number of hydrogen-bond acceptors (Lipinski definition) is 16. The van der Waals surface area contributed by atoms with Gasteiger partial charge in [0.15, 0.2) is 0 Å². The molecule has 20 saturated carbocycles. The van der Waals surface area contributed by atoms with Gasteiger partial charge in [-0.1, -0.05) is 82.1 Å². The second-order valence-electron chi connectivity index (χ2n) is 44.5. The van der Waals surface area contributed by atoms with Crippen LogP contribution in [0, 0.1) is 189 Å².